The highest BCUT2D eigenvalue weighted by atomic mass is 35.5. The predicted octanol–water partition coefficient (Wildman–Crippen LogP) is 6.94. The van der Waals surface area contributed by atoms with E-state index in [1.165, 1.54) is 0 Å². The number of amides is 1. The molecule has 2 atom stereocenters. The Labute approximate surface area is 267 Å². The summed E-state index contributed by atoms with van der Waals surface area (Å²) in [6.07, 6.45) is 4.05. The third kappa shape index (κ3) is 7.68. The number of aliphatic imine (C=N–C) groups is 1. The van der Waals surface area contributed by atoms with Gasteiger partial charge in [0.2, 0.25) is 5.90 Å². The number of benzene rings is 4. The van der Waals surface area contributed by atoms with Crippen molar-refractivity contribution in [3.05, 3.63) is 142 Å². The number of hydrogen-bond donors (Lipinski definition) is 3. The summed E-state index contributed by atoms with van der Waals surface area (Å²) in [6, 6.07) is 32.2. The summed E-state index contributed by atoms with van der Waals surface area (Å²) in [5.41, 5.74) is 7.98. The number of halogens is 2. The number of rotatable bonds is 13. The predicted molar refractivity (Wildman–Crippen MR) is 175 cm³/mol. The second-order valence-electron chi connectivity index (χ2n) is 10.3. The monoisotopic (exact) mass is 629 g/mol. The van der Waals surface area contributed by atoms with Gasteiger partial charge in [0.15, 0.2) is 11.6 Å². The fraction of sp³-hybridized carbons (Fsp3) is 0.200. The van der Waals surface area contributed by atoms with Crippen LogP contribution in [0.25, 0.3) is 6.08 Å². The first-order valence-electron chi connectivity index (χ1n) is 14.3. The summed E-state index contributed by atoms with van der Waals surface area (Å²) in [6.45, 7) is 0.800. The Hall–Kier alpha value is -4.14. The largest absolute Gasteiger partial charge is 0.494 e. The first kappa shape index (κ1) is 31.3. The van der Waals surface area contributed by atoms with Gasteiger partial charge in [0.05, 0.1) is 16.7 Å². The van der Waals surface area contributed by atoms with Crippen LogP contribution in [0.3, 0.4) is 0 Å². The molecule has 9 heteroatoms. The van der Waals surface area contributed by atoms with Crippen molar-refractivity contribution in [1.82, 2.24) is 10.9 Å². The maximum absolute atomic E-state index is 14.2. The Morgan fingerprint density at radius 2 is 1.68 bits per heavy atom. The summed E-state index contributed by atoms with van der Waals surface area (Å²) in [7, 11) is 0. The molecule has 0 saturated heterocycles. The van der Waals surface area contributed by atoms with Crippen LogP contribution in [-0.2, 0) is 16.1 Å². The number of aliphatic hydroxyl groups excluding tert-OH is 1. The van der Waals surface area contributed by atoms with Crippen molar-refractivity contribution in [1.29, 1.82) is 0 Å². The molecule has 1 heterocycles. The Morgan fingerprint density at radius 1 is 0.955 bits per heavy atom. The fourth-order valence-electron chi connectivity index (χ4n) is 4.87. The maximum atomic E-state index is 14.2. The van der Waals surface area contributed by atoms with E-state index in [1.807, 2.05) is 103 Å². The van der Waals surface area contributed by atoms with Gasteiger partial charge in [-0.15, -0.1) is 0 Å². The molecule has 0 aliphatic carbocycles. The van der Waals surface area contributed by atoms with Crippen molar-refractivity contribution in [2.24, 2.45) is 4.99 Å². The SMILES string of the molecule is O=C(NNCc1ccc(Cl)c(Cl)c1)[C@@]1(C/C=C/c2ccccc2)N=C(c2ccc(OCCCO)cc2)O[C@H]1c1ccccc1. The molecule has 3 N–H and O–H groups in total. The quantitative estimate of drug-likeness (QED) is 0.110. The third-order valence-electron chi connectivity index (χ3n) is 7.15. The lowest BCUT2D eigenvalue weighted by Crippen LogP contribution is -2.52. The molecule has 226 valence electrons. The summed E-state index contributed by atoms with van der Waals surface area (Å²) in [5.74, 6) is 0.679. The zero-order valence-corrected chi connectivity index (χ0v) is 25.5. The van der Waals surface area contributed by atoms with Gasteiger partial charge in [0, 0.05) is 31.6 Å². The molecule has 0 unspecified atom stereocenters. The Kier molecular flexibility index (Phi) is 10.7. The third-order valence-corrected chi connectivity index (χ3v) is 7.89. The summed E-state index contributed by atoms with van der Waals surface area (Å²) < 4.78 is 12.2. The highest BCUT2D eigenvalue weighted by Gasteiger charge is 2.52. The minimum Gasteiger partial charge on any atom is -0.494 e. The normalized spacial score (nSPS) is 17.7. The number of aliphatic hydroxyl groups is 1. The molecule has 5 rings (SSSR count). The van der Waals surface area contributed by atoms with Crippen molar-refractivity contribution >= 4 is 41.1 Å². The lowest BCUT2D eigenvalue weighted by molar-refractivity contribution is -0.129. The lowest BCUT2D eigenvalue weighted by atomic mass is 9.84. The molecule has 4 aromatic rings. The summed E-state index contributed by atoms with van der Waals surface area (Å²) in [5, 5.41) is 9.94. The van der Waals surface area contributed by atoms with Crippen LogP contribution in [0.1, 0.15) is 41.2 Å². The van der Waals surface area contributed by atoms with Gasteiger partial charge in [0.25, 0.3) is 5.91 Å². The first-order valence-corrected chi connectivity index (χ1v) is 15.1. The van der Waals surface area contributed by atoms with E-state index < -0.39 is 11.6 Å². The Bertz CT molecular complexity index is 1600. The number of nitrogens with zero attached hydrogens (tertiary/aromatic N) is 1. The maximum Gasteiger partial charge on any atom is 0.266 e. The number of ether oxygens (including phenoxy) is 2. The van der Waals surface area contributed by atoms with Gasteiger partial charge in [-0.25, -0.2) is 10.4 Å². The molecule has 0 saturated carbocycles. The number of hydrazine groups is 1. The smallest absolute Gasteiger partial charge is 0.266 e. The molecule has 7 nitrogen and oxygen atoms in total. The molecule has 44 heavy (non-hydrogen) atoms. The Morgan fingerprint density at radius 3 is 2.39 bits per heavy atom. The van der Waals surface area contributed by atoms with Gasteiger partial charge < -0.3 is 14.6 Å². The van der Waals surface area contributed by atoms with Crippen molar-refractivity contribution < 1.29 is 19.4 Å². The van der Waals surface area contributed by atoms with Crippen LogP contribution in [0.2, 0.25) is 10.0 Å². The van der Waals surface area contributed by atoms with Crippen molar-refractivity contribution in [2.75, 3.05) is 13.2 Å². The van der Waals surface area contributed by atoms with E-state index in [4.69, 9.17) is 42.8 Å². The fourth-order valence-corrected chi connectivity index (χ4v) is 5.19. The highest BCUT2D eigenvalue weighted by Crippen LogP contribution is 2.43. The van der Waals surface area contributed by atoms with Gasteiger partial charge in [0.1, 0.15) is 5.75 Å². The van der Waals surface area contributed by atoms with E-state index in [-0.39, 0.29) is 18.9 Å². The van der Waals surface area contributed by atoms with Gasteiger partial charge in [-0.1, -0.05) is 102 Å². The minimum absolute atomic E-state index is 0.0643. The van der Waals surface area contributed by atoms with E-state index >= 15 is 0 Å². The van der Waals surface area contributed by atoms with Crippen LogP contribution < -0.4 is 15.6 Å². The van der Waals surface area contributed by atoms with Crippen molar-refractivity contribution in [3.8, 4) is 5.75 Å². The Balaban J connectivity index is 1.46. The zero-order valence-electron chi connectivity index (χ0n) is 24.0. The average Bonchev–Trinajstić information content (AvgIpc) is 3.45. The van der Waals surface area contributed by atoms with Crippen LogP contribution in [0.5, 0.6) is 5.75 Å². The van der Waals surface area contributed by atoms with Gasteiger partial charge in [-0.2, -0.15) is 0 Å². The number of nitrogens with one attached hydrogen (secondary N) is 2. The summed E-state index contributed by atoms with van der Waals surface area (Å²) in [4.78, 5) is 19.2. The molecule has 0 spiro atoms. The van der Waals surface area contributed by atoms with Crippen LogP contribution in [-0.4, -0.2) is 35.7 Å². The molecule has 1 aliphatic heterocycles. The van der Waals surface area contributed by atoms with Crippen molar-refractivity contribution in [3.63, 3.8) is 0 Å². The zero-order chi connectivity index (χ0) is 30.8. The van der Waals surface area contributed by atoms with Gasteiger partial charge in [-0.3, -0.25) is 10.2 Å². The molecule has 1 aliphatic rings. The highest BCUT2D eigenvalue weighted by molar-refractivity contribution is 6.42. The van der Waals surface area contributed by atoms with Crippen LogP contribution in [0, 0.1) is 0 Å². The van der Waals surface area contributed by atoms with Crippen LogP contribution >= 0.6 is 23.2 Å². The second kappa shape index (κ2) is 15.0. The molecule has 0 fully saturated rings. The summed E-state index contributed by atoms with van der Waals surface area (Å²) >= 11 is 12.2. The van der Waals surface area contributed by atoms with Gasteiger partial charge in [-0.05, 0) is 53.1 Å². The minimum atomic E-state index is -1.33. The molecule has 0 radical (unpaired) electrons. The molecular formula is C35H33Cl2N3O4. The van der Waals surface area contributed by atoms with Gasteiger partial charge >= 0.3 is 0 Å². The molecule has 1 amide bonds. The van der Waals surface area contributed by atoms with E-state index in [9.17, 15) is 4.79 Å². The second-order valence-corrected chi connectivity index (χ2v) is 11.1. The van der Waals surface area contributed by atoms with E-state index in [0.717, 1.165) is 16.7 Å². The number of hydrogen-bond acceptors (Lipinski definition) is 6. The van der Waals surface area contributed by atoms with E-state index in [1.54, 1.807) is 12.1 Å². The van der Waals surface area contributed by atoms with Crippen molar-refractivity contribution in [2.45, 2.75) is 31.0 Å². The molecule has 0 aromatic heterocycles. The number of carbonyl (C=O) groups is 1. The first-order chi connectivity index (χ1) is 21.5. The molecule has 0 bridgehead atoms. The standard InChI is InChI=1S/C35H33Cl2N3O4/c36-30-19-14-26(23-31(30)37)24-38-40-34(42)35(20-7-11-25-9-3-1-4-10-25)32(27-12-5-2-6-13-27)44-33(39-35)28-15-17-29(18-16-28)43-22-8-21-41/h1-7,9-19,23,32,38,41H,8,20-22,24H2,(H,40,42)/b11-7+/t32-,35-/m0/s1. The molecule has 4 aromatic carbocycles. The van der Waals surface area contributed by atoms with E-state index in [2.05, 4.69) is 10.9 Å². The van der Waals surface area contributed by atoms with Crippen LogP contribution in [0.4, 0.5) is 0 Å². The topological polar surface area (TPSA) is 92.2 Å². The van der Waals surface area contributed by atoms with E-state index in [0.29, 0.717) is 46.8 Å². The molecular weight excluding hydrogens is 597 g/mol. The average molecular weight is 631 g/mol. The number of carbonyl (C=O) groups excluding carboxylic acids is 1. The van der Waals surface area contributed by atoms with Crippen LogP contribution in [0.15, 0.2) is 114 Å². The lowest BCUT2D eigenvalue weighted by Gasteiger charge is -2.29.